The first-order valence-electron chi connectivity index (χ1n) is 8.83. The topological polar surface area (TPSA) is 49.9 Å². The Morgan fingerprint density at radius 3 is 2.35 bits per heavy atom. The average molecular weight is 350 g/mol. The molecule has 2 amide bonds. The number of rotatable bonds is 4. The Kier molecular flexibility index (Phi) is 4.24. The van der Waals surface area contributed by atoms with Gasteiger partial charge in [0.25, 0.3) is 0 Å². The average Bonchev–Trinajstić information content (AvgIpc) is 3.14. The van der Waals surface area contributed by atoms with Crippen LogP contribution >= 0.6 is 0 Å². The minimum Gasteiger partial charge on any atom is -0.497 e. The van der Waals surface area contributed by atoms with Gasteiger partial charge in [0.2, 0.25) is 11.8 Å². The summed E-state index contributed by atoms with van der Waals surface area (Å²) in [6.45, 7) is 1.32. The molecule has 4 rings (SSSR count). The van der Waals surface area contributed by atoms with Crippen LogP contribution in [0.3, 0.4) is 0 Å². The minimum absolute atomic E-state index is 0.0610. The highest BCUT2D eigenvalue weighted by molar-refractivity contribution is 6.05. The van der Waals surface area contributed by atoms with E-state index in [1.807, 2.05) is 42.5 Å². The van der Waals surface area contributed by atoms with E-state index in [1.54, 1.807) is 14.2 Å². The SMILES string of the molecule is COc1ccc([C@@H]2[C@H]3C(=O)N(C)C(=O)[C@@H]3CN2Cc2ccccc2)cc1. The van der Waals surface area contributed by atoms with E-state index in [0.29, 0.717) is 6.54 Å². The minimum atomic E-state index is -0.315. The number of hydrogen-bond acceptors (Lipinski definition) is 4. The number of fused-ring (bicyclic) bond motifs is 1. The fourth-order valence-corrected chi connectivity index (χ4v) is 4.25. The highest BCUT2D eigenvalue weighted by atomic mass is 16.5. The lowest BCUT2D eigenvalue weighted by atomic mass is 9.88. The van der Waals surface area contributed by atoms with Crippen molar-refractivity contribution in [1.29, 1.82) is 0 Å². The van der Waals surface area contributed by atoms with Crippen molar-refractivity contribution in [2.24, 2.45) is 11.8 Å². The predicted molar refractivity (Wildman–Crippen MR) is 97.3 cm³/mol. The van der Waals surface area contributed by atoms with Gasteiger partial charge in [-0.2, -0.15) is 0 Å². The molecule has 2 aromatic rings. The molecule has 0 bridgehead atoms. The zero-order valence-electron chi connectivity index (χ0n) is 15.0. The van der Waals surface area contributed by atoms with E-state index in [-0.39, 0.29) is 29.7 Å². The number of benzene rings is 2. The summed E-state index contributed by atoms with van der Waals surface area (Å²) in [5, 5.41) is 0. The molecule has 0 radical (unpaired) electrons. The highest BCUT2D eigenvalue weighted by Crippen LogP contribution is 2.46. The number of imide groups is 1. The molecule has 2 saturated heterocycles. The van der Waals surface area contributed by atoms with Gasteiger partial charge in [0.15, 0.2) is 0 Å². The van der Waals surface area contributed by atoms with E-state index < -0.39 is 0 Å². The van der Waals surface area contributed by atoms with Crippen LogP contribution in [-0.2, 0) is 16.1 Å². The number of methoxy groups -OCH3 is 1. The molecule has 26 heavy (non-hydrogen) atoms. The summed E-state index contributed by atoms with van der Waals surface area (Å²) in [5.41, 5.74) is 2.23. The molecule has 5 heteroatoms. The summed E-state index contributed by atoms with van der Waals surface area (Å²) in [7, 11) is 3.23. The third-order valence-electron chi connectivity index (χ3n) is 5.55. The number of hydrogen-bond donors (Lipinski definition) is 0. The van der Waals surface area contributed by atoms with Crippen molar-refractivity contribution in [2.45, 2.75) is 12.6 Å². The van der Waals surface area contributed by atoms with Gasteiger partial charge >= 0.3 is 0 Å². The summed E-state index contributed by atoms with van der Waals surface area (Å²) in [6.07, 6.45) is 0. The number of nitrogens with zero attached hydrogens (tertiary/aromatic N) is 2. The van der Waals surface area contributed by atoms with E-state index >= 15 is 0 Å². The summed E-state index contributed by atoms with van der Waals surface area (Å²) < 4.78 is 5.25. The van der Waals surface area contributed by atoms with Crippen molar-refractivity contribution < 1.29 is 14.3 Å². The van der Waals surface area contributed by atoms with Crippen molar-refractivity contribution >= 4 is 11.8 Å². The van der Waals surface area contributed by atoms with E-state index in [4.69, 9.17) is 4.74 Å². The van der Waals surface area contributed by atoms with Gasteiger partial charge in [-0.05, 0) is 23.3 Å². The van der Waals surface area contributed by atoms with Crippen molar-refractivity contribution in [3.8, 4) is 5.75 Å². The van der Waals surface area contributed by atoms with E-state index in [2.05, 4.69) is 17.0 Å². The Morgan fingerprint density at radius 2 is 1.69 bits per heavy atom. The Labute approximate surface area is 153 Å². The van der Waals surface area contributed by atoms with Gasteiger partial charge in [-0.1, -0.05) is 42.5 Å². The maximum atomic E-state index is 12.8. The zero-order valence-corrected chi connectivity index (χ0v) is 15.0. The Bertz CT molecular complexity index is 819. The largest absolute Gasteiger partial charge is 0.497 e. The van der Waals surface area contributed by atoms with Crippen LogP contribution in [0.25, 0.3) is 0 Å². The molecule has 0 unspecified atom stereocenters. The quantitative estimate of drug-likeness (QED) is 0.795. The van der Waals surface area contributed by atoms with Gasteiger partial charge in [0.1, 0.15) is 5.75 Å². The second kappa shape index (κ2) is 6.57. The number of carbonyl (C=O) groups excluding carboxylic acids is 2. The molecule has 2 heterocycles. The Hall–Kier alpha value is -2.66. The third kappa shape index (κ3) is 2.69. The summed E-state index contributed by atoms with van der Waals surface area (Å²) in [5.74, 6) is 0.0715. The fraction of sp³-hybridized carbons (Fsp3) is 0.333. The van der Waals surface area contributed by atoms with E-state index in [1.165, 1.54) is 10.5 Å². The van der Waals surface area contributed by atoms with Gasteiger partial charge in [0.05, 0.1) is 18.9 Å². The van der Waals surface area contributed by atoms with Crippen LogP contribution < -0.4 is 4.74 Å². The maximum Gasteiger partial charge on any atom is 0.234 e. The molecule has 134 valence electrons. The predicted octanol–water partition coefficient (Wildman–Crippen LogP) is 2.48. The monoisotopic (exact) mass is 350 g/mol. The molecule has 0 spiro atoms. The number of amides is 2. The molecule has 2 aliphatic heterocycles. The van der Waals surface area contributed by atoms with Crippen molar-refractivity contribution in [1.82, 2.24) is 9.80 Å². The van der Waals surface area contributed by atoms with Gasteiger partial charge in [-0.25, -0.2) is 0 Å². The normalized spacial score (nSPS) is 25.6. The fourth-order valence-electron chi connectivity index (χ4n) is 4.25. The van der Waals surface area contributed by atoms with Gasteiger partial charge in [0, 0.05) is 26.2 Å². The summed E-state index contributed by atoms with van der Waals surface area (Å²) >= 11 is 0. The first-order valence-corrected chi connectivity index (χ1v) is 8.83. The highest BCUT2D eigenvalue weighted by Gasteiger charge is 2.56. The van der Waals surface area contributed by atoms with E-state index in [9.17, 15) is 9.59 Å². The zero-order chi connectivity index (χ0) is 18.3. The smallest absolute Gasteiger partial charge is 0.234 e. The molecule has 0 N–H and O–H groups in total. The lowest BCUT2D eigenvalue weighted by Gasteiger charge is -2.28. The van der Waals surface area contributed by atoms with Crippen molar-refractivity contribution in [3.63, 3.8) is 0 Å². The van der Waals surface area contributed by atoms with Gasteiger partial charge in [-0.3, -0.25) is 19.4 Å². The van der Waals surface area contributed by atoms with Gasteiger partial charge < -0.3 is 4.74 Å². The molecular formula is C21H22N2O3. The van der Waals surface area contributed by atoms with Crippen LogP contribution in [0.5, 0.6) is 5.75 Å². The molecule has 2 aromatic carbocycles. The number of likely N-dealkylation sites (tertiary alicyclic amines) is 2. The van der Waals surface area contributed by atoms with Crippen LogP contribution in [-0.4, -0.2) is 42.3 Å². The Morgan fingerprint density at radius 1 is 1.00 bits per heavy atom. The third-order valence-corrected chi connectivity index (χ3v) is 5.55. The van der Waals surface area contributed by atoms with Crippen LogP contribution in [0.1, 0.15) is 17.2 Å². The first-order chi connectivity index (χ1) is 12.6. The number of carbonyl (C=O) groups is 2. The molecule has 3 atom stereocenters. The molecule has 2 fully saturated rings. The molecule has 0 saturated carbocycles. The Balaban J connectivity index is 1.70. The van der Waals surface area contributed by atoms with E-state index in [0.717, 1.165) is 17.9 Å². The van der Waals surface area contributed by atoms with Crippen LogP contribution in [0, 0.1) is 11.8 Å². The molecule has 0 aliphatic carbocycles. The second-order valence-electron chi connectivity index (χ2n) is 7.00. The first kappa shape index (κ1) is 16.8. The molecular weight excluding hydrogens is 328 g/mol. The van der Waals surface area contributed by atoms with Crippen LogP contribution in [0.15, 0.2) is 54.6 Å². The van der Waals surface area contributed by atoms with Crippen LogP contribution in [0.2, 0.25) is 0 Å². The van der Waals surface area contributed by atoms with Crippen LogP contribution in [0.4, 0.5) is 0 Å². The lowest BCUT2D eigenvalue weighted by Crippen LogP contribution is -2.34. The maximum absolute atomic E-state index is 12.8. The second-order valence-corrected chi connectivity index (χ2v) is 7.00. The van der Waals surface area contributed by atoms with Crippen molar-refractivity contribution in [2.75, 3.05) is 20.7 Å². The van der Waals surface area contributed by atoms with Crippen molar-refractivity contribution in [3.05, 3.63) is 65.7 Å². The standard InChI is InChI=1S/C21H22N2O3/c1-22-20(24)17-13-23(12-14-6-4-3-5-7-14)19(18(17)21(22)25)15-8-10-16(26-2)11-9-15/h3-11,17-19H,12-13H2,1-2H3/t17-,18+,19-/m1/s1. The lowest BCUT2D eigenvalue weighted by molar-refractivity contribution is -0.139. The number of ether oxygens (including phenoxy) is 1. The summed E-state index contributed by atoms with van der Waals surface area (Å²) in [4.78, 5) is 28.8. The molecule has 2 aliphatic rings. The molecule has 5 nitrogen and oxygen atoms in total. The summed E-state index contributed by atoms with van der Waals surface area (Å²) in [6, 6.07) is 17.9. The molecule has 0 aromatic heterocycles. The van der Waals surface area contributed by atoms with Gasteiger partial charge in [-0.15, -0.1) is 0 Å².